The van der Waals surface area contributed by atoms with Crippen LogP contribution in [0.3, 0.4) is 0 Å². The number of benzene rings is 1. The van der Waals surface area contributed by atoms with Gasteiger partial charge in [-0.25, -0.2) is 0 Å². The van der Waals surface area contributed by atoms with Crippen molar-refractivity contribution in [3.8, 4) is 0 Å². The van der Waals surface area contributed by atoms with Gasteiger partial charge in [-0.2, -0.15) is 0 Å². The van der Waals surface area contributed by atoms with Crippen molar-refractivity contribution in [2.24, 2.45) is 0 Å². The van der Waals surface area contributed by atoms with Gasteiger partial charge in [-0.3, -0.25) is 4.79 Å². The minimum absolute atomic E-state index is 0.0742. The minimum Gasteiger partial charge on any atom is -0.391 e. The first-order chi connectivity index (χ1) is 14.5. The molecule has 3 aliphatic rings. The van der Waals surface area contributed by atoms with E-state index in [1.165, 1.54) is 22.3 Å². The van der Waals surface area contributed by atoms with Gasteiger partial charge >= 0.3 is 0 Å². The van der Waals surface area contributed by atoms with Crippen LogP contribution < -0.4 is 10.1 Å². The van der Waals surface area contributed by atoms with E-state index in [2.05, 4.69) is 40.5 Å². The molecule has 1 aromatic heterocycles. The van der Waals surface area contributed by atoms with Crippen molar-refractivity contribution < 1.29 is 9.59 Å². The number of hydrogen-bond donors (Lipinski definition) is 1. The van der Waals surface area contributed by atoms with E-state index in [1.807, 2.05) is 20.2 Å². The molecule has 1 atom stereocenters. The molecule has 7 nitrogen and oxygen atoms in total. The van der Waals surface area contributed by atoms with E-state index in [9.17, 15) is 4.79 Å². The van der Waals surface area contributed by atoms with Crippen LogP contribution in [-0.2, 0) is 13.0 Å². The van der Waals surface area contributed by atoms with Crippen molar-refractivity contribution in [2.75, 3.05) is 7.05 Å². The highest BCUT2D eigenvalue weighted by molar-refractivity contribution is 6.17. The predicted molar refractivity (Wildman–Crippen MR) is 114 cm³/mol. The highest BCUT2D eigenvalue weighted by Gasteiger charge is 2.42. The number of allylic oxidation sites excluding steroid dienone is 4. The van der Waals surface area contributed by atoms with E-state index in [0.29, 0.717) is 0 Å². The number of carbonyl (C=O) groups is 1. The van der Waals surface area contributed by atoms with E-state index < -0.39 is 0 Å². The van der Waals surface area contributed by atoms with Gasteiger partial charge in [0.15, 0.2) is 5.78 Å². The zero-order chi connectivity index (χ0) is 21.0. The number of nitrogens with zero attached hydrogens (tertiary/aromatic N) is 5. The summed E-state index contributed by atoms with van der Waals surface area (Å²) in [6, 6.07) is 2.22. The Hall–Kier alpha value is -3.09. The summed E-state index contributed by atoms with van der Waals surface area (Å²) in [6.07, 6.45) is 6.83. The van der Waals surface area contributed by atoms with Crippen molar-refractivity contribution >= 4 is 17.6 Å². The van der Waals surface area contributed by atoms with Crippen LogP contribution in [0.1, 0.15) is 71.1 Å². The first-order valence-corrected chi connectivity index (χ1v) is 10.7. The maximum Gasteiger partial charge on any atom is 0.231 e. The van der Waals surface area contributed by atoms with E-state index in [0.717, 1.165) is 66.6 Å². The summed E-state index contributed by atoms with van der Waals surface area (Å²) in [7, 11) is 1.88. The highest BCUT2D eigenvalue weighted by atomic mass is 16.1. The molecule has 1 N–H and O–H groups in total. The van der Waals surface area contributed by atoms with Crippen LogP contribution in [0, 0.1) is 6.92 Å². The molecule has 2 heterocycles. The van der Waals surface area contributed by atoms with Crippen molar-refractivity contribution in [3.63, 3.8) is 0 Å². The molecule has 1 aromatic carbocycles. The smallest absolute Gasteiger partial charge is 0.231 e. The van der Waals surface area contributed by atoms with Crippen molar-refractivity contribution in [1.82, 2.24) is 25.8 Å². The third-order valence-corrected chi connectivity index (χ3v) is 6.75. The SMILES string of the molecule is C=C1CCCc2c1c(C)cc1c2C(=O)/C(=C(/C)NC)C1C1=Cn2nnn[n+]2CCC1. The van der Waals surface area contributed by atoms with Gasteiger partial charge in [0, 0.05) is 29.8 Å². The highest BCUT2D eigenvalue weighted by Crippen LogP contribution is 2.49. The number of hydrogen-bond acceptors (Lipinski definition) is 5. The lowest BCUT2D eigenvalue weighted by Gasteiger charge is -2.24. The topological polar surface area (TPSA) is 76.6 Å². The quantitative estimate of drug-likeness (QED) is 0.616. The van der Waals surface area contributed by atoms with Crippen molar-refractivity contribution in [3.05, 3.63) is 57.3 Å². The maximum absolute atomic E-state index is 13.8. The van der Waals surface area contributed by atoms with Gasteiger partial charge in [0.25, 0.3) is 0 Å². The van der Waals surface area contributed by atoms with Gasteiger partial charge in [-0.1, -0.05) is 17.4 Å². The van der Waals surface area contributed by atoms with Gasteiger partial charge in [-0.05, 0) is 84.1 Å². The Morgan fingerprint density at radius 1 is 1.27 bits per heavy atom. The first kappa shape index (κ1) is 18.9. The summed E-state index contributed by atoms with van der Waals surface area (Å²) >= 11 is 0. The zero-order valence-corrected chi connectivity index (χ0v) is 17.8. The van der Waals surface area contributed by atoms with Gasteiger partial charge in [0.05, 0.1) is 6.20 Å². The summed E-state index contributed by atoms with van der Waals surface area (Å²) in [6.45, 7) is 9.21. The number of nitrogens with one attached hydrogen (secondary N) is 1. The van der Waals surface area contributed by atoms with E-state index >= 15 is 0 Å². The van der Waals surface area contributed by atoms with Gasteiger partial charge in [0.1, 0.15) is 11.8 Å². The molecule has 30 heavy (non-hydrogen) atoms. The molecule has 5 rings (SSSR count). The van der Waals surface area contributed by atoms with Gasteiger partial charge in [-0.15, -0.1) is 0 Å². The largest absolute Gasteiger partial charge is 0.391 e. The Bertz CT molecular complexity index is 1150. The number of fused-ring (bicyclic) bond motifs is 4. The number of carbonyl (C=O) groups excluding carboxylic acids is 1. The Labute approximate surface area is 176 Å². The van der Waals surface area contributed by atoms with Crippen LogP contribution in [0.5, 0.6) is 0 Å². The third-order valence-electron chi connectivity index (χ3n) is 6.75. The van der Waals surface area contributed by atoms with Crippen LogP contribution in [0.4, 0.5) is 0 Å². The Morgan fingerprint density at radius 2 is 2.10 bits per heavy atom. The second-order valence-electron chi connectivity index (χ2n) is 8.51. The Kier molecular flexibility index (Phi) is 4.41. The lowest BCUT2D eigenvalue weighted by molar-refractivity contribution is -0.820. The molecule has 0 spiro atoms. The van der Waals surface area contributed by atoms with Crippen LogP contribution in [-0.4, -0.2) is 33.3 Å². The molecule has 0 saturated heterocycles. The number of ketones is 1. The zero-order valence-electron chi connectivity index (χ0n) is 17.8. The molecular weight excluding hydrogens is 376 g/mol. The summed E-state index contributed by atoms with van der Waals surface area (Å²) in [5.74, 6) is 0.0810. The number of rotatable bonds is 2. The van der Waals surface area contributed by atoms with Crippen molar-refractivity contribution in [2.45, 2.75) is 58.4 Å². The standard InChI is InChI=1S/C23H26N6O/c1-13-7-5-9-17-19(13)14(2)11-18-21(20(15(3)24-4)23(30)22(17)18)16-8-6-10-28-26-25-27-29(28)12-16/h11-12,21H,1,5-10H2,2-4H3/p+1. The van der Waals surface area contributed by atoms with Gasteiger partial charge < -0.3 is 5.32 Å². The summed E-state index contributed by atoms with van der Waals surface area (Å²) in [4.78, 5) is 17.3. The second-order valence-corrected chi connectivity index (χ2v) is 8.51. The molecule has 1 aliphatic heterocycles. The molecule has 154 valence electrons. The van der Waals surface area contributed by atoms with Gasteiger partial charge in [0.2, 0.25) is 10.4 Å². The molecular formula is C23H27N6O+. The fourth-order valence-electron chi connectivity index (χ4n) is 5.37. The van der Waals surface area contributed by atoms with E-state index in [1.54, 1.807) is 9.59 Å². The number of Topliss-reactive ketones (excluding diaryl/α,β-unsaturated/α-hetero) is 1. The van der Waals surface area contributed by atoms with Crippen LogP contribution in [0.2, 0.25) is 0 Å². The molecule has 0 saturated carbocycles. The molecule has 0 radical (unpaired) electrons. The molecule has 1 unspecified atom stereocenters. The second kappa shape index (κ2) is 7.00. The van der Waals surface area contributed by atoms with Crippen LogP contribution in [0.25, 0.3) is 11.8 Å². The lowest BCUT2D eigenvalue weighted by Crippen LogP contribution is -2.43. The minimum atomic E-state index is -0.0742. The van der Waals surface area contributed by atoms with Crippen LogP contribution in [0.15, 0.2) is 29.5 Å². The Balaban J connectivity index is 1.77. The predicted octanol–water partition coefficient (Wildman–Crippen LogP) is 2.73. The molecule has 2 aromatic rings. The van der Waals surface area contributed by atoms with E-state index in [4.69, 9.17) is 0 Å². The summed E-state index contributed by atoms with van der Waals surface area (Å²) in [5, 5.41) is 15.2. The Morgan fingerprint density at radius 3 is 2.90 bits per heavy atom. The lowest BCUT2D eigenvalue weighted by atomic mass is 9.79. The third kappa shape index (κ3) is 2.68. The average Bonchev–Trinajstić information content (AvgIpc) is 3.22. The van der Waals surface area contributed by atoms with Crippen LogP contribution >= 0.6 is 0 Å². The fraction of sp³-hybridized carbons (Fsp3) is 0.435. The molecule has 0 bridgehead atoms. The summed E-state index contributed by atoms with van der Waals surface area (Å²) < 4.78 is 0. The summed E-state index contributed by atoms with van der Waals surface area (Å²) in [5.41, 5.74) is 9.78. The molecule has 2 aliphatic carbocycles. The number of aryl methyl sites for hydroxylation is 2. The maximum atomic E-state index is 13.8. The molecule has 0 fully saturated rings. The molecule has 7 heteroatoms. The monoisotopic (exact) mass is 403 g/mol. The fourth-order valence-corrected chi connectivity index (χ4v) is 5.37. The first-order valence-electron chi connectivity index (χ1n) is 10.7. The molecule has 0 amide bonds. The van der Waals surface area contributed by atoms with E-state index in [-0.39, 0.29) is 11.7 Å². The normalized spacial score (nSPS) is 22.1. The van der Waals surface area contributed by atoms with Crippen molar-refractivity contribution in [1.29, 1.82) is 0 Å². The average molecular weight is 404 g/mol. The number of aromatic nitrogens is 5.